The SMILES string of the molecule is C[Si](C)(C)CCS(=O)(=O)CCCOc1ccc2c(c1)C(Cc1ccc(Cl)c(Cl)c1)C(N)CC2. The van der Waals surface area contributed by atoms with Gasteiger partial charge in [-0.25, -0.2) is 8.42 Å². The van der Waals surface area contributed by atoms with Gasteiger partial charge in [0.15, 0.2) is 0 Å². The van der Waals surface area contributed by atoms with Crippen molar-refractivity contribution in [3.05, 3.63) is 63.1 Å². The summed E-state index contributed by atoms with van der Waals surface area (Å²) < 4.78 is 30.6. The summed E-state index contributed by atoms with van der Waals surface area (Å²) in [5.74, 6) is 1.39. The van der Waals surface area contributed by atoms with Crippen molar-refractivity contribution in [2.75, 3.05) is 18.1 Å². The predicted octanol–water partition coefficient (Wildman–Crippen LogP) is 6.12. The van der Waals surface area contributed by atoms with Gasteiger partial charge >= 0.3 is 0 Å². The van der Waals surface area contributed by atoms with E-state index in [1.807, 2.05) is 24.3 Å². The predicted molar refractivity (Wildman–Crippen MR) is 143 cm³/mol. The maximum atomic E-state index is 12.3. The van der Waals surface area contributed by atoms with E-state index in [1.165, 1.54) is 11.1 Å². The second-order valence-electron chi connectivity index (χ2n) is 10.3. The van der Waals surface area contributed by atoms with Gasteiger partial charge in [0.05, 0.1) is 22.4 Å². The molecule has 2 aromatic carbocycles. The molecule has 1 aliphatic rings. The minimum atomic E-state index is -3.02. The van der Waals surface area contributed by atoms with Gasteiger partial charge in [0.2, 0.25) is 0 Å². The second-order valence-corrected chi connectivity index (χ2v) is 19.0. The standard InChI is InChI=1S/C25H35Cl2NO3SSi/c1-33(2,3)14-13-32(29,30)12-4-11-31-20-8-6-19-7-10-25(28)22(21(19)17-20)15-18-5-9-23(26)24(27)16-18/h5-6,8-9,16-17,22,25H,4,7,10-15,28H2,1-3H3. The zero-order valence-electron chi connectivity index (χ0n) is 19.7. The summed E-state index contributed by atoms with van der Waals surface area (Å²) in [7, 11) is -4.39. The first-order valence-corrected chi connectivity index (χ1v) is 17.9. The van der Waals surface area contributed by atoms with Crippen molar-refractivity contribution in [1.29, 1.82) is 0 Å². The number of fused-ring (bicyclic) bond motifs is 1. The van der Waals surface area contributed by atoms with Gasteiger partial charge in [-0.15, -0.1) is 0 Å². The fourth-order valence-electron chi connectivity index (χ4n) is 4.20. The van der Waals surface area contributed by atoms with Crippen LogP contribution < -0.4 is 10.5 Å². The zero-order valence-corrected chi connectivity index (χ0v) is 23.1. The molecule has 0 bridgehead atoms. The molecule has 2 aromatic rings. The Labute approximate surface area is 209 Å². The molecule has 33 heavy (non-hydrogen) atoms. The van der Waals surface area contributed by atoms with E-state index in [0.29, 0.717) is 23.1 Å². The molecule has 0 fully saturated rings. The summed E-state index contributed by atoms with van der Waals surface area (Å²) in [5.41, 5.74) is 10.1. The summed E-state index contributed by atoms with van der Waals surface area (Å²) >= 11 is 12.3. The third-order valence-corrected chi connectivity index (χ3v) is 10.8. The van der Waals surface area contributed by atoms with Crippen molar-refractivity contribution >= 4 is 41.1 Å². The molecule has 3 rings (SSSR count). The maximum Gasteiger partial charge on any atom is 0.150 e. The van der Waals surface area contributed by atoms with Crippen LogP contribution in [-0.2, 0) is 22.7 Å². The Balaban J connectivity index is 1.62. The quantitative estimate of drug-likeness (QED) is 0.298. The third kappa shape index (κ3) is 8.00. The summed E-state index contributed by atoms with van der Waals surface area (Å²) in [4.78, 5) is 0. The molecule has 2 atom stereocenters. The number of benzene rings is 2. The zero-order chi connectivity index (χ0) is 24.2. The van der Waals surface area contributed by atoms with Crippen molar-refractivity contribution in [3.63, 3.8) is 0 Å². The summed E-state index contributed by atoms with van der Waals surface area (Å²) in [5, 5.41) is 1.10. The van der Waals surface area contributed by atoms with Gasteiger partial charge in [0, 0.05) is 25.8 Å². The van der Waals surface area contributed by atoms with Crippen LogP contribution in [0, 0.1) is 0 Å². The number of hydrogen-bond acceptors (Lipinski definition) is 4. The van der Waals surface area contributed by atoms with E-state index in [9.17, 15) is 8.42 Å². The molecule has 2 unspecified atom stereocenters. The van der Waals surface area contributed by atoms with Crippen LogP contribution in [0.5, 0.6) is 5.75 Å². The lowest BCUT2D eigenvalue weighted by Gasteiger charge is -2.32. The van der Waals surface area contributed by atoms with Crippen LogP contribution in [0.4, 0.5) is 0 Å². The molecule has 0 saturated carbocycles. The van der Waals surface area contributed by atoms with Crippen molar-refractivity contribution in [3.8, 4) is 5.75 Å². The number of rotatable bonds is 10. The van der Waals surface area contributed by atoms with E-state index in [-0.39, 0.29) is 23.5 Å². The normalized spacial score (nSPS) is 18.7. The third-order valence-electron chi connectivity index (χ3n) is 6.25. The number of ether oxygens (including phenoxy) is 1. The molecule has 0 saturated heterocycles. The average Bonchev–Trinajstić information content (AvgIpc) is 2.74. The molecule has 0 amide bonds. The first-order chi connectivity index (χ1) is 15.4. The Bertz CT molecular complexity index is 1070. The van der Waals surface area contributed by atoms with Crippen LogP contribution in [-0.4, -0.2) is 40.6 Å². The fourth-order valence-corrected chi connectivity index (χ4v) is 8.98. The van der Waals surface area contributed by atoms with Crippen LogP contribution in [0.1, 0.15) is 35.4 Å². The van der Waals surface area contributed by atoms with Gasteiger partial charge in [0.1, 0.15) is 15.6 Å². The molecular weight excluding hydrogens is 493 g/mol. The molecule has 0 aromatic heterocycles. The van der Waals surface area contributed by atoms with E-state index >= 15 is 0 Å². The van der Waals surface area contributed by atoms with Crippen molar-refractivity contribution in [2.24, 2.45) is 5.73 Å². The van der Waals surface area contributed by atoms with Crippen LogP contribution in [0.3, 0.4) is 0 Å². The number of sulfone groups is 1. The lowest BCUT2D eigenvalue weighted by atomic mass is 9.76. The Morgan fingerprint density at radius 1 is 1.06 bits per heavy atom. The van der Waals surface area contributed by atoms with E-state index < -0.39 is 17.9 Å². The van der Waals surface area contributed by atoms with Crippen LogP contribution in [0.2, 0.25) is 35.7 Å². The van der Waals surface area contributed by atoms with Crippen LogP contribution in [0.25, 0.3) is 0 Å². The number of nitrogens with two attached hydrogens (primary N) is 1. The highest BCUT2D eigenvalue weighted by Gasteiger charge is 2.28. The van der Waals surface area contributed by atoms with E-state index in [2.05, 4.69) is 31.8 Å². The molecule has 0 heterocycles. The topological polar surface area (TPSA) is 69.4 Å². The van der Waals surface area contributed by atoms with E-state index in [1.54, 1.807) is 0 Å². The molecule has 1 aliphatic carbocycles. The van der Waals surface area contributed by atoms with Gasteiger partial charge < -0.3 is 10.5 Å². The molecule has 0 radical (unpaired) electrons. The van der Waals surface area contributed by atoms with Crippen molar-refractivity contribution in [1.82, 2.24) is 0 Å². The van der Waals surface area contributed by atoms with Crippen molar-refractivity contribution in [2.45, 2.75) is 63.3 Å². The smallest absolute Gasteiger partial charge is 0.150 e. The Morgan fingerprint density at radius 2 is 1.82 bits per heavy atom. The van der Waals surface area contributed by atoms with Crippen LogP contribution >= 0.6 is 23.2 Å². The molecule has 2 N–H and O–H groups in total. The molecule has 8 heteroatoms. The largest absolute Gasteiger partial charge is 0.494 e. The van der Waals surface area contributed by atoms with Crippen LogP contribution in [0.15, 0.2) is 36.4 Å². The van der Waals surface area contributed by atoms with Gasteiger partial charge in [-0.1, -0.05) is 55.0 Å². The minimum absolute atomic E-state index is 0.0544. The Morgan fingerprint density at radius 3 is 2.52 bits per heavy atom. The Hall–Kier alpha value is -1.05. The van der Waals surface area contributed by atoms with Gasteiger partial charge in [-0.05, 0) is 72.7 Å². The monoisotopic (exact) mass is 527 g/mol. The highest BCUT2D eigenvalue weighted by atomic mass is 35.5. The van der Waals surface area contributed by atoms with Gasteiger partial charge in [-0.2, -0.15) is 0 Å². The maximum absolute atomic E-state index is 12.3. The van der Waals surface area contributed by atoms with E-state index in [0.717, 1.165) is 36.6 Å². The van der Waals surface area contributed by atoms with Gasteiger partial charge in [-0.3, -0.25) is 0 Å². The van der Waals surface area contributed by atoms with Gasteiger partial charge in [0.25, 0.3) is 0 Å². The molecule has 182 valence electrons. The average molecular weight is 529 g/mol. The van der Waals surface area contributed by atoms with E-state index in [4.69, 9.17) is 33.7 Å². The molecule has 0 aliphatic heterocycles. The van der Waals surface area contributed by atoms with Crippen molar-refractivity contribution < 1.29 is 13.2 Å². The second kappa shape index (κ2) is 11.1. The summed E-state index contributed by atoms with van der Waals surface area (Å²) in [6.45, 7) is 6.97. The first kappa shape index (κ1) is 26.5. The lowest BCUT2D eigenvalue weighted by Crippen LogP contribution is -2.34. The number of halogens is 2. The Kier molecular flexibility index (Phi) is 8.95. The minimum Gasteiger partial charge on any atom is -0.494 e. The number of aryl methyl sites for hydroxylation is 1. The molecular formula is C25H35Cl2NO3SSi. The fraction of sp³-hybridized carbons (Fsp3) is 0.520. The molecule has 0 spiro atoms. The first-order valence-electron chi connectivity index (χ1n) is 11.6. The lowest BCUT2D eigenvalue weighted by molar-refractivity contribution is 0.316. The summed E-state index contributed by atoms with van der Waals surface area (Å²) in [6, 6.07) is 12.8. The molecule has 4 nitrogen and oxygen atoms in total. The summed E-state index contributed by atoms with van der Waals surface area (Å²) in [6.07, 6.45) is 3.17. The highest BCUT2D eigenvalue weighted by molar-refractivity contribution is 7.91. The number of hydrogen-bond donors (Lipinski definition) is 1. The highest BCUT2D eigenvalue weighted by Crippen LogP contribution is 2.36.